The maximum absolute atomic E-state index is 12.2. The molecule has 4 nitrogen and oxygen atoms in total. The molecular formula is C14H14BrN3O. The number of nitrogens with two attached hydrogens (primary N) is 1. The lowest BCUT2D eigenvalue weighted by Crippen LogP contribution is -2.14. The average molecular weight is 320 g/mol. The second-order valence-corrected chi connectivity index (χ2v) is 5.13. The van der Waals surface area contributed by atoms with Crippen LogP contribution in [0, 0.1) is 13.8 Å². The molecule has 0 atom stereocenters. The minimum atomic E-state index is -0.239. The van der Waals surface area contributed by atoms with Crippen molar-refractivity contribution in [2.75, 3.05) is 11.1 Å². The van der Waals surface area contributed by atoms with E-state index in [0.717, 1.165) is 11.3 Å². The Morgan fingerprint density at radius 1 is 1.32 bits per heavy atom. The van der Waals surface area contributed by atoms with E-state index in [1.165, 1.54) is 0 Å². The molecule has 2 rings (SSSR count). The summed E-state index contributed by atoms with van der Waals surface area (Å²) in [5, 5.41) is 2.77. The summed E-state index contributed by atoms with van der Waals surface area (Å²) in [6.45, 7) is 3.85. The first kappa shape index (κ1) is 13.5. The molecule has 0 aliphatic heterocycles. The first-order valence-electron chi connectivity index (χ1n) is 5.78. The number of nitrogens with zero attached hydrogens (tertiary/aromatic N) is 1. The summed E-state index contributed by atoms with van der Waals surface area (Å²) in [7, 11) is 0. The van der Waals surface area contributed by atoms with Crippen LogP contribution in [0.15, 0.2) is 34.8 Å². The Bertz CT molecular complexity index is 620. The van der Waals surface area contributed by atoms with Gasteiger partial charge in [0.15, 0.2) is 0 Å². The van der Waals surface area contributed by atoms with E-state index in [2.05, 4.69) is 26.2 Å². The lowest BCUT2D eigenvalue weighted by atomic mass is 10.2. The Balaban J connectivity index is 2.28. The van der Waals surface area contributed by atoms with E-state index >= 15 is 0 Å². The molecule has 0 saturated heterocycles. The van der Waals surface area contributed by atoms with E-state index in [9.17, 15) is 4.79 Å². The number of aryl methyl sites for hydroxylation is 2. The van der Waals surface area contributed by atoms with Crippen molar-refractivity contribution in [2.45, 2.75) is 13.8 Å². The van der Waals surface area contributed by atoms with Crippen LogP contribution >= 0.6 is 15.9 Å². The van der Waals surface area contributed by atoms with Gasteiger partial charge in [0, 0.05) is 11.4 Å². The molecule has 1 amide bonds. The lowest BCUT2D eigenvalue weighted by molar-refractivity contribution is 0.102. The molecule has 1 heterocycles. The number of carbonyl (C=O) groups excluding carboxylic acids is 1. The molecule has 0 unspecified atom stereocenters. The largest absolute Gasteiger partial charge is 0.398 e. The third-order valence-electron chi connectivity index (χ3n) is 2.61. The summed E-state index contributed by atoms with van der Waals surface area (Å²) < 4.78 is 0.594. The van der Waals surface area contributed by atoms with Crippen LogP contribution < -0.4 is 11.1 Å². The third-order valence-corrected chi connectivity index (χ3v) is 3.50. The Labute approximate surface area is 120 Å². The highest BCUT2D eigenvalue weighted by Crippen LogP contribution is 2.24. The zero-order valence-corrected chi connectivity index (χ0v) is 12.3. The van der Waals surface area contributed by atoms with Crippen LogP contribution in [0.4, 0.5) is 11.5 Å². The molecule has 2 aromatic rings. The van der Waals surface area contributed by atoms with Gasteiger partial charge in [-0.1, -0.05) is 6.07 Å². The van der Waals surface area contributed by atoms with Gasteiger partial charge in [-0.25, -0.2) is 4.98 Å². The molecule has 19 heavy (non-hydrogen) atoms. The van der Waals surface area contributed by atoms with Gasteiger partial charge >= 0.3 is 0 Å². The van der Waals surface area contributed by atoms with Crippen LogP contribution in [-0.2, 0) is 0 Å². The second kappa shape index (κ2) is 5.40. The predicted molar refractivity (Wildman–Crippen MR) is 80.2 cm³/mol. The molecule has 1 aromatic carbocycles. The lowest BCUT2D eigenvalue weighted by Gasteiger charge is -2.09. The Hall–Kier alpha value is -1.88. The molecule has 0 aliphatic rings. The maximum atomic E-state index is 12.2. The zero-order chi connectivity index (χ0) is 14.0. The van der Waals surface area contributed by atoms with Gasteiger partial charge < -0.3 is 11.1 Å². The van der Waals surface area contributed by atoms with E-state index in [-0.39, 0.29) is 5.91 Å². The fourth-order valence-electron chi connectivity index (χ4n) is 1.81. The zero-order valence-electron chi connectivity index (χ0n) is 10.7. The van der Waals surface area contributed by atoms with E-state index in [4.69, 9.17) is 5.73 Å². The molecule has 0 aliphatic carbocycles. The van der Waals surface area contributed by atoms with Crippen molar-refractivity contribution in [3.8, 4) is 0 Å². The first-order valence-corrected chi connectivity index (χ1v) is 6.57. The monoisotopic (exact) mass is 319 g/mol. The van der Waals surface area contributed by atoms with Crippen LogP contribution in [-0.4, -0.2) is 10.9 Å². The number of anilines is 2. The number of hydrogen-bond donors (Lipinski definition) is 2. The molecule has 0 radical (unpaired) electrons. The number of rotatable bonds is 2. The molecule has 0 bridgehead atoms. The van der Waals surface area contributed by atoms with Gasteiger partial charge in [0.2, 0.25) is 0 Å². The second-order valence-electron chi connectivity index (χ2n) is 4.33. The van der Waals surface area contributed by atoms with Crippen molar-refractivity contribution >= 4 is 33.3 Å². The van der Waals surface area contributed by atoms with Crippen LogP contribution in [0.1, 0.15) is 21.6 Å². The number of hydrogen-bond acceptors (Lipinski definition) is 3. The Morgan fingerprint density at radius 2 is 2.05 bits per heavy atom. The van der Waals surface area contributed by atoms with Crippen molar-refractivity contribution in [1.82, 2.24) is 4.98 Å². The van der Waals surface area contributed by atoms with Crippen LogP contribution in [0.3, 0.4) is 0 Å². The number of benzene rings is 1. The number of nitrogen functional groups attached to an aromatic ring is 1. The van der Waals surface area contributed by atoms with Crippen molar-refractivity contribution in [3.05, 3.63) is 51.6 Å². The van der Waals surface area contributed by atoms with Gasteiger partial charge in [-0.15, -0.1) is 0 Å². The Morgan fingerprint density at radius 3 is 2.74 bits per heavy atom. The minimum Gasteiger partial charge on any atom is -0.398 e. The molecular weight excluding hydrogens is 306 g/mol. The number of amides is 1. The molecule has 5 heteroatoms. The topological polar surface area (TPSA) is 68.0 Å². The van der Waals surface area contributed by atoms with Crippen LogP contribution in [0.2, 0.25) is 0 Å². The highest BCUT2D eigenvalue weighted by molar-refractivity contribution is 9.10. The summed E-state index contributed by atoms with van der Waals surface area (Å²) in [4.78, 5) is 16.4. The van der Waals surface area contributed by atoms with Gasteiger partial charge in [-0.3, -0.25) is 4.79 Å². The highest BCUT2D eigenvalue weighted by Gasteiger charge is 2.12. The van der Waals surface area contributed by atoms with Crippen LogP contribution in [0.5, 0.6) is 0 Å². The summed E-state index contributed by atoms with van der Waals surface area (Å²) in [6.07, 6.45) is 0. The van der Waals surface area contributed by atoms with E-state index in [1.807, 2.05) is 26.0 Å². The molecule has 3 N–H and O–H groups in total. The standard InChI is InChI=1S/C14H14BrN3O/c1-8-6-9(2)17-12(7-8)18-14(19)10-4-3-5-11(16)13(10)15/h3-7H,16H2,1-2H3,(H,17,18,19). The van der Waals surface area contributed by atoms with Gasteiger partial charge in [0.25, 0.3) is 5.91 Å². The van der Waals surface area contributed by atoms with Crippen LogP contribution in [0.25, 0.3) is 0 Å². The quantitative estimate of drug-likeness (QED) is 0.834. The first-order chi connectivity index (χ1) is 8.97. The van der Waals surface area contributed by atoms with Gasteiger partial charge in [0.1, 0.15) is 5.82 Å². The number of carbonyl (C=O) groups is 1. The fraction of sp³-hybridized carbons (Fsp3) is 0.143. The molecule has 0 spiro atoms. The number of nitrogens with one attached hydrogen (secondary N) is 1. The fourth-order valence-corrected chi connectivity index (χ4v) is 2.26. The predicted octanol–water partition coefficient (Wildman–Crippen LogP) is 3.30. The number of aromatic nitrogens is 1. The van der Waals surface area contributed by atoms with E-state index in [0.29, 0.717) is 21.5 Å². The normalized spacial score (nSPS) is 10.3. The summed E-state index contributed by atoms with van der Waals surface area (Å²) in [6, 6.07) is 8.95. The molecule has 0 fully saturated rings. The maximum Gasteiger partial charge on any atom is 0.258 e. The molecule has 1 aromatic heterocycles. The molecule has 98 valence electrons. The summed E-state index contributed by atoms with van der Waals surface area (Å²) in [5.74, 6) is 0.300. The van der Waals surface area contributed by atoms with Gasteiger partial charge in [-0.2, -0.15) is 0 Å². The SMILES string of the molecule is Cc1cc(C)nc(NC(=O)c2cccc(N)c2Br)c1. The summed E-state index contributed by atoms with van der Waals surface area (Å²) >= 11 is 3.32. The minimum absolute atomic E-state index is 0.239. The summed E-state index contributed by atoms with van der Waals surface area (Å²) in [5.41, 5.74) is 8.69. The molecule has 0 saturated carbocycles. The Kier molecular flexibility index (Phi) is 3.85. The number of pyridine rings is 1. The van der Waals surface area contributed by atoms with Crippen molar-refractivity contribution in [2.24, 2.45) is 0 Å². The van der Waals surface area contributed by atoms with E-state index in [1.54, 1.807) is 18.2 Å². The number of halogens is 1. The third kappa shape index (κ3) is 3.12. The van der Waals surface area contributed by atoms with Crippen molar-refractivity contribution < 1.29 is 4.79 Å². The van der Waals surface area contributed by atoms with E-state index < -0.39 is 0 Å². The highest BCUT2D eigenvalue weighted by atomic mass is 79.9. The van der Waals surface area contributed by atoms with Crippen molar-refractivity contribution in [3.63, 3.8) is 0 Å². The van der Waals surface area contributed by atoms with Gasteiger partial charge in [-0.05, 0) is 59.6 Å². The smallest absolute Gasteiger partial charge is 0.258 e. The van der Waals surface area contributed by atoms with Crippen molar-refractivity contribution in [1.29, 1.82) is 0 Å². The average Bonchev–Trinajstić information content (AvgIpc) is 2.31. The van der Waals surface area contributed by atoms with Gasteiger partial charge in [0.05, 0.1) is 10.0 Å².